The highest BCUT2D eigenvalue weighted by atomic mass is 127. The number of aliphatic hydroxyl groups excluding tert-OH is 1. The van der Waals surface area contributed by atoms with Gasteiger partial charge in [-0.3, -0.25) is 0 Å². The Kier molecular flexibility index (Phi) is 4.59. The van der Waals surface area contributed by atoms with Crippen molar-refractivity contribution < 1.29 is 5.11 Å². The minimum absolute atomic E-state index is 0.447. The van der Waals surface area contributed by atoms with E-state index in [0.717, 1.165) is 19.2 Å². The predicted octanol–water partition coefficient (Wildman–Crippen LogP) is 4.33. The van der Waals surface area contributed by atoms with Gasteiger partial charge in [-0.15, -0.1) is 0 Å². The Bertz CT molecular complexity index is 513. The Hall–Kier alpha value is -0.390. The fourth-order valence-electron chi connectivity index (χ4n) is 1.74. The number of hydrogen-bond donors (Lipinski definition) is 1. The average Bonchev–Trinajstić information content (AvgIpc) is 2.29. The molecule has 1 unspecified atom stereocenters. The first-order chi connectivity index (χ1) is 8.16. The molecule has 0 amide bonds. The van der Waals surface area contributed by atoms with Gasteiger partial charge in [0.1, 0.15) is 0 Å². The summed E-state index contributed by atoms with van der Waals surface area (Å²) in [6, 6.07) is 16.0. The van der Waals surface area contributed by atoms with Crippen molar-refractivity contribution in [2.24, 2.45) is 0 Å². The summed E-state index contributed by atoms with van der Waals surface area (Å²) in [5.41, 5.74) is 2.12. The van der Waals surface area contributed by atoms with Gasteiger partial charge in [0.05, 0.1) is 6.10 Å². The zero-order valence-electron chi connectivity index (χ0n) is 9.11. The summed E-state index contributed by atoms with van der Waals surface area (Å²) in [6.07, 6.45) is 0.191. The van der Waals surface area contributed by atoms with Crippen LogP contribution in [0.4, 0.5) is 0 Å². The first kappa shape index (κ1) is 13.1. The lowest BCUT2D eigenvalue weighted by Crippen LogP contribution is -2.03. The maximum Gasteiger partial charge on any atom is 0.0840 e. The molecule has 0 spiro atoms. The van der Waals surface area contributed by atoms with E-state index in [1.807, 2.05) is 48.5 Å². The van der Waals surface area contributed by atoms with Gasteiger partial charge in [-0.25, -0.2) is 0 Å². The van der Waals surface area contributed by atoms with Crippen LogP contribution in [0.25, 0.3) is 0 Å². The van der Waals surface area contributed by atoms with Crippen LogP contribution >= 0.6 is 38.5 Å². The molecule has 0 saturated heterocycles. The van der Waals surface area contributed by atoms with E-state index in [2.05, 4.69) is 38.5 Å². The third-order valence-corrected chi connectivity index (χ3v) is 4.06. The van der Waals surface area contributed by atoms with Crippen molar-refractivity contribution in [2.75, 3.05) is 0 Å². The van der Waals surface area contributed by atoms with Crippen LogP contribution < -0.4 is 0 Å². The highest BCUT2D eigenvalue weighted by molar-refractivity contribution is 14.1. The molecule has 88 valence electrons. The second-order valence-corrected chi connectivity index (χ2v) is 5.95. The lowest BCUT2D eigenvalue weighted by molar-refractivity contribution is 0.177. The Balaban J connectivity index is 2.17. The van der Waals surface area contributed by atoms with Gasteiger partial charge in [0.2, 0.25) is 0 Å². The molecular formula is C14H12BrIO. The molecule has 0 bridgehead atoms. The lowest BCUT2D eigenvalue weighted by Gasteiger charge is -2.13. The van der Waals surface area contributed by atoms with Crippen LogP contribution in [0.1, 0.15) is 17.2 Å². The Morgan fingerprint density at radius 3 is 2.59 bits per heavy atom. The van der Waals surface area contributed by atoms with Gasteiger partial charge >= 0.3 is 0 Å². The highest BCUT2D eigenvalue weighted by Gasteiger charge is 2.11. The third-order valence-electron chi connectivity index (χ3n) is 2.58. The first-order valence-corrected chi connectivity index (χ1v) is 7.21. The van der Waals surface area contributed by atoms with Gasteiger partial charge in [0, 0.05) is 14.5 Å². The molecular weight excluding hydrogens is 391 g/mol. The molecule has 1 nitrogen and oxygen atoms in total. The topological polar surface area (TPSA) is 20.2 Å². The quantitative estimate of drug-likeness (QED) is 0.757. The minimum atomic E-state index is -0.447. The molecule has 2 aromatic carbocycles. The van der Waals surface area contributed by atoms with Crippen LogP contribution in [-0.4, -0.2) is 5.11 Å². The molecule has 1 atom stereocenters. The van der Waals surface area contributed by atoms with Crippen molar-refractivity contribution in [1.82, 2.24) is 0 Å². The molecule has 0 saturated carbocycles. The molecule has 17 heavy (non-hydrogen) atoms. The largest absolute Gasteiger partial charge is 0.388 e. The Morgan fingerprint density at radius 2 is 1.88 bits per heavy atom. The van der Waals surface area contributed by atoms with Crippen LogP contribution in [0.2, 0.25) is 0 Å². The van der Waals surface area contributed by atoms with E-state index in [1.165, 1.54) is 0 Å². The van der Waals surface area contributed by atoms with Crippen molar-refractivity contribution in [1.29, 1.82) is 0 Å². The molecule has 0 aliphatic rings. The van der Waals surface area contributed by atoms with Crippen molar-refractivity contribution in [3.05, 3.63) is 67.7 Å². The lowest BCUT2D eigenvalue weighted by atomic mass is 10.0. The Morgan fingerprint density at radius 1 is 1.12 bits per heavy atom. The molecule has 0 aliphatic heterocycles. The predicted molar refractivity (Wildman–Crippen MR) is 82.0 cm³/mol. The molecule has 1 N–H and O–H groups in total. The van der Waals surface area contributed by atoms with E-state index >= 15 is 0 Å². The fourth-order valence-corrected chi connectivity index (χ4v) is 2.94. The summed E-state index contributed by atoms with van der Waals surface area (Å²) in [4.78, 5) is 0. The second kappa shape index (κ2) is 5.98. The summed E-state index contributed by atoms with van der Waals surface area (Å²) in [6.45, 7) is 0. The van der Waals surface area contributed by atoms with Crippen molar-refractivity contribution >= 4 is 38.5 Å². The minimum Gasteiger partial charge on any atom is -0.388 e. The smallest absolute Gasteiger partial charge is 0.0840 e. The van der Waals surface area contributed by atoms with Gasteiger partial charge in [0.25, 0.3) is 0 Å². The fraction of sp³-hybridized carbons (Fsp3) is 0.143. The van der Waals surface area contributed by atoms with Gasteiger partial charge in [-0.1, -0.05) is 46.3 Å². The summed E-state index contributed by atoms with van der Waals surface area (Å²) >= 11 is 5.70. The number of halogens is 2. The van der Waals surface area contributed by atoms with Gasteiger partial charge in [-0.05, 0) is 51.9 Å². The molecule has 0 aromatic heterocycles. The number of hydrogen-bond acceptors (Lipinski definition) is 1. The van der Waals surface area contributed by atoms with E-state index in [0.29, 0.717) is 6.42 Å². The van der Waals surface area contributed by atoms with Crippen LogP contribution in [0.3, 0.4) is 0 Å². The summed E-state index contributed by atoms with van der Waals surface area (Å²) in [7, 11) is 0. The standard InChI is InChI=1S/C14H12BrIO/c15-11-5-3-4-10(8-11)9-14(17)12-6-1-2-7-13(12)16/h1-8,14,17H,9H2. The van der Waals surface area contributed by atoms with Gasteiger partial charge < -0.3 is 5.11 Å². The van der Waals surface area contributed by atoms with Gasteiger partial charge in [-0.2, -0.15) is 0 Å². The number of aliphatic hydroxyl groups is 1. The van der Waals surface area contributed by atoms with Gasteiger partial charge in [0.15, 0.2) is 0 Å². The van der Waals surface area contributed by atoms with E-state index in [4.69, 9.17) is 0 Å². The number of benzene rings is 2. The third kappa shape index (κ3) is 3.53. The molecule has 2 aromatic rings. The maximum atomic E-state index is 10.2. The van der Waals surface area contributed by atoms with Crippen LogP contribution in [-0.2, 0) is 6.42 Å². The van der Waals surface area contributed by atoms with Crippen molar-refractivity contribution in [3.63, 3.8) is 0 Å². The van der Waals surface area contributed by atoms with Crippen LogP contribution in [0.5, 0.6) is 0 Å². The summed E-state index contributed by atoms with van der Waals surface area (Å²) < 4.78 is 2.15. The van der Waals surface area contributed by atoms with Crippen molar-refractivity contribution in [2.45, 2.75) is 12.5 Å². The monoisotopic (exact) mass is 402 g/mol. The summed E-state index contributed by atoms with van der Waals surface area (Å²) in [5.74, 6) is 0. The SMILES string of the molecule is OC(Cc1cccc(Br)c1)c1ccccc1I. The average molecular weight is 403 g/mol. The van der Waals surface area contributed by atoms with Crippen LogP contribution in [0.15, 0.2) is 53.0 Å². The zero-order valence-corrected chi connectivity index (χ0v) is 12.8. The maximum absolute atomic E-state index is 10.2. The molecule has 2 rings (SSSR count). The highest BCUT2D eigenvalue weighted by Crippen LogP contribution is 2.24. The summed E-state index contributed by atoms with van der Waals surface area (Å²) in [5, 5.41) is 10.2. The zero-order chi connectivity index (χ0) is 12.3. The first-order valence-electron chi connectivity index (χ1n) is 5.34. The molecule has 0 fully saturated rings. The number of rotatable bonds is 3. The normalized spacial score (nSPS) is 12.4. The van der Waals surface area contributed by atoms with E-state index in [9.17, 15) is 5.11 Å². The molecule has 3 heteroatoms. The molecule has 0 aliphatic carbocycles. The molecule has 0 heterocycles. The van der Waals surface area contributed by atoms with E-state index < -0.39 is 6.10 Å². The van der Waals surface area contributed by atoms with Crippen LogP contribution in [0, 0.1) is 3.57 Å². The van der Waals surface area contributed by atoms with Crippen molar-refractivity contribution in [3.8, 4) is 0 Å². The second-order valence-electron chi connectivity index (χ2n) is 3.87. The Labute approximate surface area is 123 Å². The van der Waals surface area contributed by atoms with E-state index in [-0.39, 0.29) is 0 Å². The van der Waals surface area contributed by atoms with E-state index in [1.54, 1.807) is 0 Å². The molecule has 0 radical (unpaired) electrons.